The molecule has 1 amide bonds. The summed E-state index contributed by atoms with van der Waals surface area (Å²) in [7, 11) is -3.83. The van der Waals surface area contributed by atoms with E-state index in [9.17, 15) is 17.6 Å². The van der Waals surface area contributed by atoms with Gasteiger partial charge in [0.2, 0.25) is 15.9 Å². The molecule has 0 saturated carbocycles. The summed E-state index contributed by atoms with van der Waals surface area (Å²) < 4.78 is 40.5. The highest BCUT2D eigenvalue weighted by molar-refractivity contribution is 7.89. The maximum Gasteiger partial charge on any atom is 0.243 e. The second-order valence-electron chi connectivity index (χ2n) is 7.81. The number of amides is 1. The van der Waals surface area contributed by atoms with E-state index in [-0.39, 0.29) is 10.8 Å². The van der Waals surface area contributed by atoms with Gasteiger partial charge in [0, 0.05) is 39.3 Å². The van der Waals surface area contributed by atoms with E-state index in [4.69, 9.17) is 0 Å². The third kappa shape index (κ3) is 4.40. The fraction of sp³-hybridized carbons (Fsp3) is 0.409. The second kappa shape index (κ2) is 8.83. The third-order valence-electron chi connectivity index (χ3n) is 5.84. The van der Waals surface area contributed by atoms with Gasteiger partial charge < -0.3 is 4.90 Å². The minimum absolute atomic E-state index is 0.0243. The van der Waals surface area contributed by atoms with Gasteiger partial charge in [-0.15, -0.1) is 0 Å². The Hall–Kier alpha value is -2.29. The number of hydrogen-bond acceptors (Lipinski definition) is 4. The molecule has 0 unspecified atom stereocenters. The molecular weight excluding hydrogens is 405 g/mol. The normalized spacial score (nSPS) is 21.1. The fourth-order valence-electron chi connectivity index (χ4n) is 4.20. The zero-order valence-electron chi connectivity index (χ0n) is 16.8. The smallest absolute Gasteiger partial charge is 0.243 e. The van der Waals surface area contributed by atoms with Crippen molar-refractivity contribution < 1.29 is 17.6 Å². The van der Waals surface area contributed by atoms with E-state index >= 15 is 0 Å². The van der Waals surface area contributed by atoms with Gasteiger partial charge in [0.25, 0.3) is 0 Å². The van der Waals surface area contributed by atoms with E-state index in [0.717, 1.165) is 31.8 Å². The monoisotopic (exact) mass is 431 g/mol. The molecule has 0 radical (unpaired) electrons. The number of benzene rings is 2. The molecule has 4 rings (SSSR count). The Morgan fingerprint density at radius 1 is 0.933 bits per heavy atom. The first-order chi connectivity index (χ1) is 14.4. The largest absolute Gasteiger partial charge is 0.339 e. The number of sulfonamides is 1. The van der Waals surface area contributed by atoms with Crippen molar-refractivity contribution >= 4 is 15.9 Å². The van der Waals surface area contributed by atoms with Crippen molar-refractivity contribution in [2.75, 3.05) is 32.7 Å². The highest BCUT2D eigenvalue weighted by Crippen LogP contribution is 2.28. The number of halogens is 1. The lowest BCUT2D eigenvalue weighted by Crippen LogP contribution is -2.54. The Kier molecular flexibility index (Phi) is 6.17. The first kappa shape index (κ1) is 21.0. The molecule has 160 valence electrons. The van der Waals surface area contributed by atoms with Crippen LogP contribution in [-0.2, 0) is 21.4 Å². The molecule has 1 atom stereocenters. The van der Waals surface area contributed by atoms with Crippen LogP contribution in [0.2, 0.25) is 0 Å². The molecule has 2 fully saturated rings. The van der Waals surface area contributed by atoms with Crippen LogP contribution >= 0.6 is 0 Å². The lowest BCUT2D eigenvalue weighted by atomic mass is 10.1. The fourth-order valence-corrected chi connectivity index (χ4v) is 5.85. The molecule has 2 heterocycles. The number of nitrogens with zero attached hydrogens (tertiary/aromatic N) is 3. The van der Waals surface area contributed by atoms with Crippen molar-refractivity contribution in [1.29, 1.82) is 0 Å². The number of hydrogen-bond donors (Lipinski definition) is 0. The Morgan fingerprint density at radius 2 is 1.60 bits per heavy atom. The molecule has 2 saturated heterocycles. The average molecular weight is 432 g/mol. The Labute approximate surface area is 176 Å². The van der Waals surface area contributed by atoms with Gasteiger partial charge in [0.15, 0.2) is 0 Å². The van der Waals surface area contributed by atoms with E-state index < -0.39 is 21.9 Å². The van der Waals surface area contributed by atoms with Gasteiger partial charge in [0.05, 0.1) is 4.90 Å². The summed E-state index contributed by atoms with van der Waals surface area (Å²) in [4.78, 5) is 17.3. The van der Waals surface area contributed by atoms with Gasteiger partial charge in [-0.3, -0.25) is 9.69 Å². The Bertz CT molecular complexity index is 974. The summed E-state index contributed by atoms with van der Waals surface area (Å²) >= 11 is 0. The third-order valence-corrected chi connectivity index (χ3v) is 7.76. The van der Waals surface area contributed by atoms with Crippen LogP contribution in [0.1, 0.15) is 18.4 Å². The van der Waals surface area contributed by atoms with Gasteiger partial charge >= 0.3 is 0 Å². The molecule has 2 aliphatic heterocycles. The molecule has 2 aromatic rings. The Morgan fingerprint density at radius 3 is 2.27 bits per heavy atom. The quantitative estimate of drug-likeness (QED) is 0.729. The van der Waals surface area contributed by atoms with E-state index in [2.05, 4.69) is 17.0 Å². The minimum Gasteiger partial charge on any atom is -0.339 e. The minimum atomic E-state index is -3.83. The molecule has 0 N–H and O–H groups in total. The number of piperazine rings is 1. The summed E-state index contributed by atoms with van der Waals surface area (Å²) in [6, 6.07) is 14.3. The van der Waals surface area contributed by atoms with Crippen molar-refractivity contribution in [1.82, 2.24) is 14.1 Å². The molecule has 0 aliphatic carbocycles. The molecule has 0 spiro atoms. The van der Waals surface area contributed by atoms with Crippen LogP contribution in [0.3, 0.4) is 0 Å². The topological polar surface area (TPSA) is 60.9 Å². The van der Waals surface area contributed by atoms with Crippen LogP contribution in [0.5, 0.6) is 0 Å². The van der Waals surface area contributed by atoms with Crippen molar-refractivity contribution in [3.63, 3.8) is 0 Å². The first-order valence-electron chi connectivity index (χ1n) is 10.3. The van der Waals surface area contributed by atoms with Crippen LogP contribution in [0.4, 0.5) is 4.39 Å². The molecule has 30 heavy (non-hydrogen) atoms. The standard InChI is InChI=1S/C22H26FN3O3S/c23-19-8-10-20(11-9-19)30(28,29)26-12-4-7-21(26)22(27)25-15-13-24(14-16-25)17-18-5-2-1-3-6-18/h1-3,5-6,8-11,21H,4,7,12-17H2/t21-/m1/s1. The van der Waals surface area contributed by atoms with Gasteiger partial charge in [-0.25, -0.2) is 12.8 Å². The van der Waals surface area contributed by atoms with E-state index in [1.807, 2.05) is 18.2 Å². The highest BCUT2D eigenvalue weighted by Gasteiger charge is 2.41. The highest BCUT2D eigenvalue weighted by atomic mass is 32.2. The summed E-state index contributed by atoms with van der Waals surface area (Å²) in [5.41, 5.74) is 1.24. The second-order valence-corrected chi connectivity index (χ2v) is 9.71. The first-order valence-corrected chi connectivity index (χ1v) is 11.7. The lowest BCUT2D eigenvalue weighted by molar-refractivity contribution is -0.136. The van der Waals surface area contributed by atoms with Gasteiger partial charge in [-0.1, -0.05) is 30.3 Å². The number of carbonyl (C=O) groups excluding carboxylic acids is 1. The summed E-state index contributed by atoms with van der Waals surface area (Å²) in [5, 5.41) is 0. The van der Waals surface area contributed by atoms with Crippen molar-refractivity contribution in [3.05, 3.63) is 66.0 Å². The van der Waals surface area contributed by atoms with Crippen LogP contribution in [-0.4, -0.2) is 67.2 Å². The van der Waals surface area contributed by atoms with Crippen LogP contribution < -0.4 is 0 Å². The zero-order chi connectivity index (χ0) is 21.1. The SMILES string of the molecule is O=C([C@H]1CCCN1S(=O)(=O)c1ccc(F)cc1)N1CCN(Cc2ccccc2)CC1. The maximum atomic E-state index is 13.2. The number of rotatable bonds is 5. The van der Waals surface area contributed by atoms with Gasteiger partial charge in [0.1, 0.15) is 11.9 Å². The van der Waals surface area contributed by atoms with Crippen molar-refractivity contribution in [2.24, 2.45) is 0 Å². The predicted octanol–water partition coefficient (Wildman–Crippen LogP) is 2.32. The van der Waals surface area contributed by atoms with Gasteiger partial charge in [-0.05, 0) is 42.7 Å². The molecule has 6 nitrogen and oxygen atoms in total. The molecule has 2 aromatic carbocycles. The van der Waals surface area contributed by atoms with Crippen LogP contribution in [0.25, 0.3) is 0 Å². The molecular formula is C22H26FN3O3S. The average Bonchev–Trinajstić information content (AvgIpc) is 3.26. The maximum absolute atomic E-state index is 13.2. The molecule has 2 aliphatic rings. The Balaban J connectivity index is 1.40. The summed E-state index contributed by atoms with van der Waals surface area (Å²) in [6.07, 6.45) is 1.16. The summed E-state index contributed by atoms with van der Waals surface area (Å²) in [6.45, 7) is 3.86. The summed E-state index contributed by atoms with van der Waals surface area (Å²) in [5.74, 6) is -0.617. The van der Waals surface area contributed by atoms with Gasteiger partial charge in [-0.2, -0.15) is 4.31 Å². The number of carbonyl (C=O) groups is 1. The zero-order valence-corrected chi connectivity index (χ0v) is 17.6. The van der Waals surface area contributed by atoms with E-state index in [1.54, 1.807) is 4.90 Å². The molecule has 0 aromatic heterocycles. The molecule has 0 bridgehead atoms. The van der Waals surface area contributed by atoms with Crippen LogP contribution in [0, 0.1) is 5.82 Å². The van der Waals surface area contributed by atoms with Crippen molar-refractivity contribution in [2.45, 2.75) is 30.3 Å². The van der Waals surface area contributed by atoms with E-state index in [1.165, 1.54) is 22.0 Å². The van der Waals surface area contributed by atoms with E-state index in [0.29, 0.717) is 32.5 Å². The molecule has 8 heteroatoms. The lowest BCUT2D eigenvalue weighted by Gasteiger charge is -2.37. The van der Waals surface area contributed by atoms with Crippen molar-refractivity contribution in [3.8, 4) is 0 Å². The van der Waals surface area contributed by atoms with Crippen LogP contribution in [0.15, 0.2) is 59.5 Å². The predicted molar refractivity (Wildman–Crippen MR) is 112 cm³/mol.